The first-order valence-corrected chi connectivity index (χ1v) is 8.89. The molecule has 2 aliphatic heterocycles. The molecule has 3 rings (SSSR count). The monoisotopic (exact) mass is 329 g/mol. The van der Waals surface area contributed by atoms with Gasteiger partial charge in [0.2, 0.25) is 11.8 Å². The number of aryl methyl sites for hydroxylation is 1. The largest absolute Gasteiger partial charge is 0.342 e. The van der Waals surface area contributed by atoms with Crippen molar-refractivity contribution in [3.63, 3.8) is 0 Å². The number of anilines is 1. The van der Waals surface area contributed by atoms with Crippen LogP contribution in [0.15, 0.2) is 24.3 Å². The number of benzene rings is 1. The number of carbonyl (C=O) groups excluding carboxylic acids is 2. The van der Waals surface area contributed by atoms with Crippen LogP contribution in [0.1, 0.15) is 24.8 Å². The van der Waals surface area contributed by atoms with Gasteiger partial charge in [-0.25, -0.2) is 0 Å². The zero-order valence-corrected chi connectivity index (χ0v) is 14.6. The van der Waals surface area contributed by atoms with E-state index in [1.165, 1.54) is 12.0 Å². The van der Waals surface area contributed by atoms with Crippen LogP contribution in [-0.4, -0.2) is 49.9 Å². The van der Waals surface area contributed by atoms with Gasteiger partial charge in [0.15, 0.2) is 0 Å². The van der Waals surface area contributed by atoms with E-state index in [1.54, 1.807) is 4.90 Å². The normalized spacial score (nSPS) is 24.5. The fourth-order valence-corrected chi connectivity index (χ4v) is 3.83. The number of nitrogens with one attached hydrogen (secondary N) is 1. The van der Waals surface area contributed by atoms with E-state index in [4.69, 9.17) is 0 Å². The van der Waals surface area contributed by atoms with Crippen molar-refractivity contribution in [2.45, 2.75) is 26.2 Å². The third kappa shape index (κ3) is 3.61. The highest BCUT2D eigenvalue weighted by molar-refractivity contribution is 6.00. The number of rotatable bonds is 4. The summed E-state index contributed by atoms with van der Waals surface area (Å²) in [7, 11) is 1.95. The highest BCUT2D eigenvalue weighted by Gasteiger charge is 2.38. The molecule has 2 heterocycles. The Bertz CT molecular complexity index is 597. The van der Waals surface area contributed by atoms with Crippen molar-refractivity contribution >= 4 is 17.5 Å². The summed E-state index contributed by atoms with van der Waals surface area (Å²) in [5, 5.41) is 3.21. The van der Waals surface area contributed by atoms with E-state index in [0.717, 1.165) is 31.7 Å². The van der Waals surface area contributed by atoms with Gasteiger partial charge >= 0.3 is 0 Å². The summed E-state index contributed by atoms with van der Waals surface area (Å²) in [6.45, 7) is 5.12. The van der Waals surface area contributed by atoms with Crippen molar-refractivity contribution in [3.8, 4) is 0 Å². The third-order valence-corrected chi connectivity index (χ3v) is 5.14. The third-order valence-electron chi connectivity index (χ3n) is 5.14. The smallest absolute Gasteiger partial charge is 0.228 e. The summed E-state index contributed by atoms with van der Waals surface area (Å²) >= 11 is 0. The van der Waals surface area contributed by atoms with Gasteiger partial charge in [-0.2, -0.15) is 0 Å². The molecule has 5 heteroatoms. The van der Waals surface area contributed by atoms with Gasteiger partial charge in [-0.1, -0.05) is 17.7 Å². The number of hydrogen-bond donors (Lipinski definition) is 1. The lowest BCUT2D eigenvalue weighted by Gasteiger charge is -2.34. The summed E-state index contributed by atoms with van der Waals surface area (Å²) in [6.07, 6.45) is 2.56. The fourth-order valence-electron chi connectivity index (χ4n) is 3.83. The predicted molar refractivity (Wildman–Crippen MR) is 94.9 cm³/mol. The number of amides is 2. The number of hydrogen-bond acceptors (Lipinski definition) is 3. The maximum absolute atomic E-state index is 12.9. The van der Waals surface area contributed by atoms with Crippen molar-refractivity contribution in [1.29, 1.82) is 0 Å². The minimum atomic E-state index is -0.202. The molecule has 0 saturated carbocycles. The Morgan fingerprint density at radius 1 is 1.25 bits per heavy atom. The van der Waals surface area contributed by atoms with Crippen LogP contribution in [0.2, 0.25) is 0 Å². The Hall–Kier alpha value is -1.88. The molecule has 1 aromatic rings. The van der Waals surface area contributed by atoms with Crippen LogP contribution < -0.4 is 10.2 Å². The van der Waals surface area contributed by atoms with Crippen LogP contribution in [0.4, 0.5) is 5.69 Å². The Labute approximate surface area is 144 Å². The van der Waals surface area contributed by atoms with E-state index in [0.29, 0.717) is 18.9 Å². The maximum Gasteiger partial charge on any atom is 0.228 e. The van der Waals surface area contributed by atoms with Crippen LogP contribution in [-0.2, 0) is 9.59 Å². The average molecular weight is 329 g/mol. The van der Waals surface area contributed by atoms with E-state index in [1.807, 2.05) is 43.1 Å². The van der Waals surface area contributed by atoms with Gasteiger partial charge in [0.1, 0.15) is 0 Å². The summed E-state index contributed by atoms with van der Waals surface area (Å²) in [5.41, 5.74) is 2.06. The van der Waals surface area contributed by atoms with Gasteiger partial charge in [-0.05, 0) is 51.4 Å². The van der Waals surface area contributed by atoms with Gasteiger partial charge in [-0.15, -0.1) is 0 Å². The number of piperidine rings is 1. The van der Waals surface area contributed by atoms with Crippen molar-refractivity contribution in [1.82, 2.24) is 10.2 Å². The van der Waals surface area contributed by atoms with Gasteiger partial charge in [0.25, 0.3) is 0 Å². The molecule has 2 amide bonds. The molecule has 2 unspecified atom stereocenters. The molecule has 0 radical (unpaired) electrons. The van der Waals surface area contributed by atoms with E-state index in [-0.39, 0.29) is 17.7 Å². The minimum Gasteiger partial charge on any atom is -0.342 e. The van der Waals surface area contributed by atoms with Crippen LogP contribution in [0.3, 0.4) is 0 Å². The standard InChI is InChI=1S/C19H27N3O2/c1-14-5-7-17(8-6-14)22-13-16(10-18(22)23)19(24)21-9-3-4-15(12-21)11-20-2/h5-8,15-16,20H,3-4,9-13H2,1-2H3. The molecule has 1 aromatic carbocycles. The molecule has 2 fully saturated rings. The lowest BCUT2D eigenvalue weighted by molar-refractivity contribution is -0.137. The summed E-state index contributed by atoms with van der Waals surface area (Å²) in [4.78, 5) is 29.0. The average Bonchev–Trinajstić information content (AvgIpc) is 2.97. The molecular formula is C19H27N3O2. The zero-order chi connectivity index (χ0) is 17.1. The lowest BCUT2D eigenvalue weighted by Crippen LogP contribution is -2.45. The van der Waals surface area contributed by atoms with Crippen molar-refractivity contribution in [3.05, 3.63) is 29.8 Å². The Morgan fingerprint density at radius 2 is 2.00 bits per heavy atom. The van der Waals surface area contributed by atoms with Gasteiger partial charge in [-0.3, -0.25) is 9.59 Å². The number of likely N-dealkylation sites (tertiary alicyclic amines) is 1. The van der Waals surface area contributed by atoms with Gasteiger partial charge in [0.05, 0.1) is 5.92 Å². The molecule has 2 atom stereocenters. The summed E-state index contributed by atoms with van der Waals surface area (Å²) in [5.74, 6) is 0.532. The predicted octanol–water partition coefficient (Wildman–Crippen LogP) is 1.81. The maximum atomic E-state index is 12.9. The topological polar surface area (TPSA) is 52.7 Å². The van der Waals surface area contributed by atoms with Crippen LogP contribution in [0, 0.1) is 18.8 Å². The Morgan fingerprint density at radius 3 is 2.71 bits per heavy atom. The summed E-state index contributed by atoms with van der Waals surface area (Å²) in [6, 6.07) is 7.93. The van der Waals surface area contributed by atoms with Gasteiger partial charge in [0, 0.05) is 31.7 Å². The number of nitrogens with zero attached hydrogens (tertiary/aromatic N) is 2. The molecule has 1 N–H and O–H groups in total. The van der Waals surface area contributed by atoms with Crippen LogP contribution in [0.5, 0.6) is 0 Å². The minimum absolute atomic E-state index is 0.0565. The van der Waals surface area contributed by atoms with E-state index in [2.05, 4.69) is 5.32 Å². The Balaban J connectivity index is 1.64. The van der Waals surface area contributed by atoms with Crippen molar-refractivity contribution in [2.75, 3.05) is 38.1 Å². The van der Waals surface area contributed by atoms with Gasteiger partial charge < -0.3 is 15.1 Å². The SMILES string of the molecule is CNCC1CCCN(C(=O)C2CC(=O)N(c3ccc(C)cc3)C2)C1. The highest BCUT2D eigenvalue weighted by atomic mass is 16.2. The molecule has 130 valence electrons. The molecule has 5 nitrogen and oxygen atoms in total. The molecule has 0 bridgehead atoms. The molecule has 0 aliphatic carbocycles. The highest BCUT2D eigenvalue weighted by Crippen LogP contribution is 2.28. The van der Waals surface area contributed by atoms with E-state index < -0.39 is 0 Å². The fraction of sp³-hybridized carbons (Fsp3) is 0.579. The Kier molecular flexibility index (Phi) is 5.19. The van der Waals surface area contributed by atoms with E-state index in [9.17, 15) is 9.59 Å². The zero-order valence-electron chi connectivity index (χ0n) is 14.6. The second-order valence-electron chi connectivity index (χ2n) is 7.09. The van der Waals surface area contributed by atoms with Crippen molar-refractivity contribution < 1.29 is 9.59 Å². The van der Waals surface area contributed by atoms with Crippen molar-refractivity contribution in [2.24, 2.45) is 11.8 Å². The molecule has 24 heavy (non-hydrogen) atoms. The first-order chi connectivity index (χ1) is 11.6. The van der Waals surface area contributed by atoms with Crippen LogP contribution >= 0.6 is 0 Å². The number of carbonyl (C=O) groups is 2. The molecular weight excluding hydrogens is 302 g/mol. The first kappa shape index (κ1) is 17.0. The molecule has 2 aliphatic rings. The second kappa shape index (κ2) is 7.34. The lowest BCUT2D eigenvalue weighted by atomic mass is 9.96. The second-order valence-corrected chi connectivity index (χ2v) is 7.09. The molecule has 0 spiro atoms. The molecule has 0 aromatic heterocycles. The summed E-state index contributed by atoms with van der Waals surface area (Å²) < 4.78 is 0. The quantitative estimate of drug-likeness (QED) is 0.916. The van der Waals surface area contributed by atoms with E-state index >= 15 is 0 Å². The molecule has 2 saturated heterocycles. The first-order valence-electron chi connectivity index (χ1n) is 8.89. The van der Waals surface area contributed by atoms with Crippen LogP contribution in [0.25, 0.3) is 0 Å².